The highest BCUT2D eigenvalue weighted by Gasteiger charge is 2.29. The lowest BCUT2D eigenvalue weighted by Crippen LogP contribution is -2.49. The van der Waals surface area contributed by atoms with E-state index in [1.54, 1.807) is 4.90 Å². The Balaban J connectivity index is 1.49. The zero-order valence-electron chi connectivity index (χ0n) is 19.1. The van der Waals surface area contributed by atoms with Crippen LogP contribution in [0.1, 0.15) is 28.7 Å². The number of benzene rings is 3. The molecule has 170 valence electrons. The minimum Gasteiger partial charge on any atom is -0.444 e. The molecule has 1 aliphatic heterocycles. The Labute approximate surface area is 194 Å². The van der Waals surface area contributed by atoms with Crippen LogP contribution in [0.15, 0.2) is 72.8 Å². The van der Waals surface area contributed by atoms with E-state index in [2.05, 4.69) is 24.4 Å². The van der Waals surface area contributed by atoms with Crippen molar-refractivity contribution >= 4 is 23.5 Å². The minimum absolute atomic E-state index is 0.0611. The molecular weight excluding hydrogens is 414 g/mol. The maximum absolute atomic E-state index is 13.4. The van der Waals surface area contributed by atoms with E-state index in [1.807, 2.05) is 72.5 Å². The molecule has 0 atom stereocenters. The maximum Gasteiger partial charge on any atom is 0.412 e. The third-order valence-corrected chi connectivity index (χ3v) is 5.83. The Kier molecular flexibility index (Phi) is 6.93. The average molecular weight is 444 g/mol. The normalized spacial score (nSPS) is 13.7. The SMILES string of the molecule is Cc1ccc(N2CCCN(Cc3ccccc3C)C2=O)c(NC(=O)OCc2ccccc2)c1. The minimum atomic E-state index is -0.549. The van der Waals surface area contributed by atoms with Crippen LogP contribution in [0.25, 0.3) is 0 Å². The fraction of sp³-hybridized carbons (Fsp3) is 0.259. The van der Waals surface area contributed by atoms with Crippen LogP contribution in [0.4, 0.5) is 21.0 Å². The number of nitrogens with one attached hydrogen (secondary N) is 1. The molecule has 1 saturated heterocycles. The number of hydrogen-bond acceptors (Lipinski definition) is 3. The van der Waals surface area contributed by atoms with E-state index >= 15 is 0 Å². The average Bonchev–Trinajstić information content (AvgIpc) is 2.82. The summed E-state index contributed by atoms with van der Waals surface area (Å²) in [6, 6.07) is 23.3. The van der Waals surface area contributed by atoms with E-state index in [0.717, 1.165) is 23.1 Å². The van der Waals surface area contributed by atoms with Crippen LogP contribution in [-0.2, 0) is 17.9 Å². The van der Waals surface area contributed by atoms with E-state index in [9.17, 15) is 9.59 Å². The van der Waals surface area contributed by atoms with Gasteiger partial charge in [0.15, 0.2) is 0 Å². The van der Waals surface area contributed by atoms with Gasteiger partial charge < -0.3 is 9.64 Å². The molecule has 1 fully saturated rings. The van der Waals surface area contributed by atoms with Crippen LogP contribution in [0, 0.1) is 13.8 Å². The van der Waals surface area contributed by atoms with E-state index in [-0.39, 0.29) is 12.6 Å². The van der Waals surface area contributed by atoms with Crippen molar-refractivity contribution in [2.45, 2.75) is 33.4 Å². The zero-order chi connectivity index (χ0) is 23.2. The van der Waals surface area contributed by atoms with Gasteiger partial charge in [0.25, 0.3) is 0 Å². The largest absolute Gasteiger partial charge is 0.444 e. The first-order chi connectivity index (χ1) is 16.0. The lowest BCUT2D eigenvalue weighted by molar-refractivity contribution is 0.155. The number of hydrogen-bond donors (Lipinski definition) is 1. The molecule has 0 radical (unpaired) electrons. The molecule has 6 nitrogen and oxygen atoms in total. The summed E-state index contributed by atoms with van der Waals surface area (Å²) in [6.07, 6.45) is 0.301. The molecule has 0 bridgehead atoms. The molecule has 0 saturated carbocycles. The predicted octanol–water partition coefficient (Wildman–Crippen LogP) is 5.88. The van der Waals surface area contributed by atoms with E-state index < -0.39 is 6.09 Å². The molecular formula is C27H29N3O3. The number of aryl methyl sites for hydroxylation is 2. The van der Waals surface area contributed by atoms with Crippen molar-refractivity contribution in [2.24, 2.45) is 0 Å². The third-order valence-electron chi connectivity index (χ3n) is 5.83. The Bertz CT molecular complexity index is 1130. The molecule has 4 rings (SSSR count). The monoisotopic (exact) mass is 443 g/mol. The summed E-state index contributed by atoms with van der Waals surface area (Å²) in [5.41, 5.74) is 5.45. The van der Waals surface area contributed by atoms with Crippen LogP contribution in [0.5, 0.6) is 0 Å². The van der Waals surface area contributed by atoms with Gasteiger partial charge in [0.2, 0.25) is 0 Å². The lowest BCUT2D eigenvalue weighted by Gasteiger charge is -2.36. The van der Waals surface area contributed by atoms with Gasteiger partial charge in [0.1, 0.15) is 6.61 Å². The first kappa shape index (κ1) is 22.4. The second-order valence-electron chi connectivity index (χ2n) is 8.34. The van der Waals surface area contributed by atoms with E-state index in [1.165, 1.54) is 5.56 Å². The van der Waals surface area contributed by atoms with Gasteiger partial charge in [0.05, 0.1) is 11.4 Å². The van der Waals surface area contributed by atoms with Gasteiger partial charge in [-0.1, -0.05) is 60.7 Å². The molecule has 1 N–H and O–H groups in total. The van der Waals surface area contributed by atoms with Crippen LogP contribution < -0.4 is 10.2 Å². The summed E-state index contributed by atoms with van der Waals surface area (Å²) in [5, 5.41) is 2.84. The van der Waals surface area contributed by atoms with Crippen molar-refractivity contribution in [2.75, 3.05) is 23.3 Å². The molecule has 0 unspecified atom stereocenters. The van der Waals surface area contributed by atoms with E-state index in [4.69, 9.17) is 4.74 Å². The second kappa shape index (κ2) is 10.2. The van der Waals surface area contributed by atoms with Crippen LogP contribution in [0.3, 0.4) is 0 Å². The van der Waals surface area contributed by atoms with Crippen LogP contribution in [-0.4, -0.2) is 30.1 Å². The van der Waals surface area contributed by atoms with Crippen molar-refractivity contribution in [3.05, 3.63) is 95.1 Å². The van der Waals surface area contributed by atoms with Crippen molar-refractivity contribution < 1.29 is 14.3 Å². The summed E-state index contributed by atoms with van der Waals surface area (Å²) >= 11 is 0. The molecule has 6 heteroatoms. The molecule has 3 aromatic rings. The molecule has 0 spiro atoms. The Morgan fingerprint density at radius 3 is 2.52 bits per heavy atom. The number of carbonyl (C=O) groups is 2. The fourth-order valence-electron chi connectivity index (χ4n) is 4.00. The van der Waals surface area contributed by atoms with Crippen molar-refractivity contribution in [1.29, 1.82) is 0 Å². The van der Waals surface area contributed by atoms with Gasteiger partial charge >= 0.3 is 12.1 Å². The first-order valence-electron chi connectivity index (χ1n) is 11.2. The number of urea groups is 1. The molecule has 0 aromatic heterocycles. The topological polar surface area (TPSA) is 61.9 Å². The number of carbonyl (C=O) groups excluding carboxylic acids is 2. The van der Waals surface area contributed by atoms with Crippen LogP contribution in [0.2, 0.25) is 0 Å². The summed E-state index contributed by atoms with van der Waals surface area (Å²) in [4.78, 5) is 29.5. The molecule has 1 heterocycles. The predicted molar refractivity (Wildman–Crippen MR) is 130 cm³/mol. The van der Waals surface area contributed by atoms with Gasteiger partial charge in [-0.05, 0) is 54.7 Å². The van der Waals surface area contributed by atoms with Gasteiger partial charge in [-0.2, -0.15) is 0 Å². The van der Waals surface area contributed by atoms with Crippen molar-refractivity contribution in [3.8, 4) is 0 Å². The molecule has 3 amide bonds. The molecule has 0 aliphatic carbocycles. The molecule has 33 heavy (non-hydrogen) atoms. The second-order valence-corrected chi connectivity index (χ2v) is 8.34. The highest BCUT2D eigenvalue weighted by Crippen LogP contribution is 2.30. The quantitative estimate of drug-likeness (QED) is 0.517. The maximum atomic E-state index is 13.4. The summed E-state index contributed by atoms with van der Waals surface area (Å²) in [6.45, 7) is 6.06. The first-order valence-corrected chi connectivity index (χ1v) is 11.2. The summed E-state index contributed by atoms with van der Waals surface area (Å²) < 4.78 is 5.39. The van der Waals surface area contributed by atoms with Crippen molar-refractivity contribution in [3.63, 3.8) is 0 Å². The van der Waals surface area contributed by atoms with E-state index in [0.29, 0.717) is 31.0 Å². The fourth-order valence-corrected chi connectivity index (χ4v) is 4.00. The summed E-state index contributed by atoms with van der Waals surface area (Å²) in [7, 11) is 0. The highest BCUT2D eigenvalue weighted by molar-refractivity contribution is 5.99. The smallest absolute Gasteiger partial charge is 0.412 e. The molecule has 1 aliphatic rings. The number of nitrogens with zero attached hydrogens (tertiary/aromatic N) is 2. The number of rotatable bonds is 6. The van der Waals surface area contributed by atoms with Gasteiger partial charge in [-0.15, -0.1) is 0 Å². The molecule has 3 aromatic carbocycles. The number of ether oxygens (including phenoxy) is 1. The van der Waals surface area contributed by atoms with Crippen LogP contribution >= 0.6 is 0 Å². The van der Waals surface area contributed by atoms with Crippen molar-refractivity contribution in [1.82, 2.24) is 4.90 Å². The Morgan fingerprint density at radius 1 is 0.970 bits per heavy atom. The summed E-state index contributed by atoms with van der Waals surface area (Å²) in [5.74, 6) is 0. The third kappa shape index (κ3) is 5.52. The van der Waals surface area contributed by atoms with Gasteiger partial charge in [0, 0.05) is 19.6 Å². The van der Waals surface area contributed by atoms with Gasteiger partial charge in [-0.25, -0.2) is 9.59 Å². The lowest BCUT2D eigenvalue weighted by atomic mass is 10.1. The van der Waals surface area contributed by atoms with Gasteiger partial charge in [-0.3, -0.25) is 10.2 Å². The Hall–Kier alpha value is -3.80. The Morgan fingerprint density at radius 2 is 1.73 bits per heavy atom. The number of anilines is 2. The zero-order valence-corrected chi connectivity index (χ0v) is 19.1. The highest BCUT2D eigenvalue weighted by atomic mass is 16.5. The number of amides is 3. The standard InChI is InChI=1S/C27H29N3O3/c1-20-13-14-25(24(17-20)28-26(31)33-19-22-10-4-3-5-11-22)30-16-8-15-29(27(30)32)18-23-12-7-6-9-21(23)2/h3-7,9-14,17H,8,15-16,18-19H2,1-2H3,(H,28,31).